The van der Waals surface area contributed by atoms with Crippen LogP contribution in [0.2, 0.25) is 0 Å². The first-order valence-corrected chi connectivity index (χ1v) is 5.90. The Balaban J connectivity index is 2.81. The number of ether oxygens (including phenoxy) is 1. The van der Waals surface area contributed by atoms with Gasteiger partial charge in [0.1, 0.15) is 5.75 Å². The number of nitrogens with one attached hydrogen (secondary N) is 1. The van der Waals surface area contributed by atoms with Gasteiger partial charge in [0, 0.05) is 6.04 Å². The highest BCUT2D eigenvalue weighted by Gasteiger charge is 2.31. The van der Waals surface area contributed by atoms with Gasteiger partial charge in [-0.2, -0.15) is 0 Å². The topological polar surface area (TPSA) is 21.3 Å². The first-order valence-electron chi connectivity index (χ1n) is 5.90. The minimum atomic E-state index is -4.64. The van der Waals surface area contributed by atoms with Crippen molar-refractivity contribution in [2.75, 3.05) is 7.05 Å². The summed E-state index contributed by atoms with van der Waals surface area (Å²) in [5.74, 6) is 0.217. The third-order valence-electron chi connectivity index (χ3n) is 3.00. The molecule has 0 radical (unpaired) electrons. The van der Waals surface area contributed by atoms with Crippen molar-refractivity contribution in [3.05, 3.63) is 29.8 Å². The SMILES string of the molecule is CCC(C)C(NC)c1ccc(OC(F)(F)F)cc1. The van der Waals surface area contributed by atoms with Crippen molar-refractivity contribution in [3.63, 3.8) is 0 Å². The van der Waals surface area contributed by atoms with E-state index in [-0.39, 0.29) is 11.8 Å². The van der Waals surface area contributed by atoms with Gasteiger partial charge in [-0.1, -0.05) is 32.4 Å². The fourth-order valence-corrected chi connectivity index (χ4v) is 1.89. The largest absolute Gasteiger partial charge is 0.573 e. The zero-order chi connectivity index (χ0) is 13.8. The zero-order valence-corrected chi connectivity index (χ0v) is 10.7. The molecule has 0 heterocycles. The third-order valence-corrected chi connectivity index (χ3v) is 3.00. The van der Waals surface area contributed by atoms with E-state index in [2.05, 4.69) is 23.9 Å². The molecular formula is C13H18F3NO. The summed E-state index contributed by atoms with van der Waals surface area (Å²) in [6, 6.07) is 6.14. The average Bonchev–Trinajstić information content (AvgIpc) is 2.30. The maximum Gasteiger partial charge on any atom is 0.573 e. The number of hydrogen-bond donors (Lipinski definition) is 1. The van der Waals surface area contributed by atoms with Crippen molar-refractivity contribution in [2.24, 2.45) is 5.92 Å². The van der Waals surface area contributed by atoms with Crippen LogP contribution in [-0.4, -0.2) is 13.4 Å². The van der Waals surface area contributed by atoms with Crippen molar-refractivity contribution in [3.8, 4) is 5.75 Å². The molecule has 2 atom stereocenters. The van der Waals surface area contributed by atoms with Crippen LogP contribution in [0.3, 0.4) is 0 Å². The molecule has 0 bridgehead atoms. The van der Waals surface area contributed by atoms with E-state index in [1.807, 2.05) is 7.05 Å². The molecule has 0 aliphatic rings. The minimum Gasteiger partial charge on any atom is -0.406 e. The summed E-state index contributed by atoms with van der Waals surface area (Å²) in [6.45, 7) is 4.18. The Morgan fingerprint density at radius 1 is 1.22 bits per heavy atom. The van der Waals surface area contributed by atoms with Crippen molar-refractivity contribution in [1.82, 2.24) is 5.32 Å². The highest BCUT2D eigenvalue weighted by molar-refractivity contribution is 5.29. The number of halogens is 3. The van der Waals surface area contributed by atoms with Crippen LogP contribution in [-0.2, 0) is 0 Å². The monoisotopic (exact) mass is 261 g/mol. The van der Waals surface area contributed by atoms with Gasteiger partial charge in [0.15, 0.2) is 0 Å². The summed E-state index contributed by atoms with van der Waals surface area (Å²) >= 11 is 0. The van der Waals surface area contributed by atoms with Crippen LogP contribution in [0.4, 0.5) is 13.2 Å². The Morgan fingerprint density at radius 3 is 2.17 bits per heavy atom. The molecule has 1 aromatic carbocycles. The van der Waals surface area contributed by atoms with Gasteiger partial charge in [0.2, 0.25) is 0 Å². The summed E-state index contributed by atoms with van der Waals surface area (Å²) in [5.41, 5.74) is 0.960. The second-order valence-corrected chi connectivity index (χ2v) is 4.27. The quantitative estimate of drug-likeness (QED) is 0.868. The summed E-state index contributed by atoms with van der Waals surface area (Å²) in [6.07, 6.45) is -3.65. The highest BCUT2D eigenvalue weighted by atomic mass is 19.4. The number of benzene rings is 1. The van der Waals surface area contributed by atoms with Gasteiger partial charge in [0.25, 0.3) is 0 Å². The first kappa shape index (κ1) is 14.8. The second-order valence-electron chi connectivity index (χ2n) is 4.27. The Bertz CT molecular complexity index is 361. The number of rotatable bonds is 5. The van der Waals surface area contributed by atoms with Crippen LogP contribution < -0.4 is 10.1 Å². The van der Waals surface area contributed by atoms with E-state index in [0.29, 0.717) is 5.92 Å². The molecule has 1 N–H and O–H groups in total. The molecule has 0 saturated carbocycles. The summed E-state index contributed by atoms with van der Waals surface area (Å²) in [5, 5.41) is 3.17. The second kappa shape index (κ2) is 6.09. The molecule has 0 saturated heterocycles. The van der Waals surface area contributed by atoms with Gasteiger partial charge >= 0.3 is 6.36 Å². The van der Waals surface area contributed by atoms with Crippen molar-refractivity contribution >= 4 is 0 Å². The fraction of sp³-hybridized carbons (Fsp3) is 0.538. The lowest BCUT2D eigenvalue weighted by atomic mass is 9.93. The molecule has 0 amide bonds. The number of hydrogen-bond acceptors (Lipinski definition) is 2. The molecule has 2 unspecified atom stereocenters. The van der Waals surface area contributed by atoms with Gasteiger partial charge in [-0.25, -0.2) is 0 Å². The summed E-state index contributed by atoms with van der Waals surface area (Å²) < 4.78 is 39.9. The summed E-state index contributed by atoms with van der Waals surface area (Å²) in [4.78, 5) is 0. The van der Waals surface area contributed by atoms with E-state index >= 15 is 0 Å². The number of alkyl halides is 3. The van der Waals surface area contributed by atoms with Crippen molar-refractivity contribution < 1.29 is 17.9 Å². The summed E-state index contributed by atoms with van der Waals surface area (Å²) in [7, 11) is 1.84. The molecule has 102 valence electrons. The molecule has 1 aromatic rings. The Hall–Kier alpha value is -1.23. The Kier molecular flexibility index (Phi) is 5.02. The van der Waals surface area contributed by atoms with E-state index in [1.54, 1.807) is 12.1 Å². The minimum absolute atomic E-state index is 0.134. The lowest BCUT2D eigenvalue weighted by Crippen LogP contribution is -2.23. The molecular weight excluding hydrogens is 243 g/mol. The Labute approximate surface area is 105 Å². The van der Waals surface area contributed by atoms with Crippen LogP contribution in [0, 0.1) is 5.92 Å². The van der Waals surface area contributed by atoms with Gasteiger partial charge in [-0.3, -0.25) is 0 Å². The van der Waals surface area contributed by atoms with Crippen LogP contribution in [0.5, 0.6) is 5.75 Å². The average molecular weight is 261 g/mol. The third kappa shape index (κ3) is 4.22. The zero-order valence-electron chi connectivity index (χ0n) is 10.7. The predicted molar refractivity (Wildman–Crippen MR) is 64.4 cm³/mol. The smallest absolute Gasteiger partial charge is 0.406 e. The van der Waals surface area contributed by atoms with Crippen LogP contribution in [0.25, 0.3) is 0 Å². The van der Waals surface area contributed by atoms with Crippen LogP contribution in [0.1, 0.15) is 31.9 Å². The molecule has 18 heavy (non-hydrogen) atoms. The van der Waals surface area contributed by atoms with E-state index < -0.39 is 6.36 Å². The molecule has 1 rings (SSSR count). The highest BCUT2D eigenvalue weighted by Crippen LogP contribution is 2.27. The first-order chi connectivity index (χ1) is 8.37. The van der Waals surface area contributed by atoms with E-state index in [1.165, 1.54) is 12.1 Å². The van der Waals surface area contributed by atoms with Gasteiger partial charge in [-0.15, -0.1) is 13.2 Å². The van der Waals surface area contributed by atoms with Crippen LogP contribution >= 0.6 is 0 Å². The standard InChI is InChI=1S/C13H18F3NO/c1-4-9(2)12(17-3)10-5-7-11(8-6-10)18-13(14,15)16/h5-9,12,17H,4H2,1-3H3. The lowest BCUT2D eigenvalue weighted by molar-refractivity contribution is -0.274. The van der Waals surface area contributed by atoms with E-state index in [4.69, 9.17) is 0 Å². The normalized spacial score (nSPS) is 15.2. The van der Waals surface area contributed by atoms with Gasteiger partial charge in [-0.05, 0) is 30.7 Å². The maximum atomic E-state index is 12.0. The maximum absolute atomic E-state index is 12.0. The lowest BCUT2D eigenvalue weighted by Gasteiger charge is -2.23. The van der Waals surface area contributed by atoms with Gasteiger partial charge in [0.05, 0.1) is 0 Å². The molecule has 0 aliphatic heterocycles. The molecule has 5 heteroatoms. The fourth-order valence-electron chi connectivity index (χ4n) is 1.89. The molecule has 0 spiro atoms. The molecule has 0 aromatic heterocycles. The molecule has 0 aliphatic carbocycles. The molecule has 2 nitrogen and oxygen atoms in total. The Morgan fingerprint density at radius 2 is 1.78 bits per heavy atom. The predicted octanol–water partition coefficient (Wildman–Crippen LogP) is 3.89. The van der Waals surface area contributed by atoms with E-state index in [9.17, 15) is 13.2 Å². The van der Waals surface area contributed by atoms with Crippen molar-refractivity contribution in [1.29, 1.82) is 0 Å². The van der Waals surface area contributed by atoms with Gasteiger partial charge < -0.3 is 10.1 Å². The van der Waals surface area contributed by atoms with E-state index in [0.717, 1.165) is 12.0 Å². The van der Waals surface area contributed by atoms with Crippen molar-refractivity contribution in [2.45, 2.75) is 32.7 Å². The van der Waals surface area contributed by atoms with Crippen LogP contribution in [0.15, 0.2) is 24.3 Å². The molecule has 0 fully saturated rings.